The first-order valence-corrected chi connectivity index (χ1v) is 7.46. The Morgan fingerprint density at radius 2 is 1.95 bits per heavy atom. The minimum absolute atomic E-state index is 0.0879. The summed E-state index contributed by atoms with van der Waals surface area (Å²) in [5.74, 6) is 1.52. The zero-order valence-electron chi connectivity index (χ0n) is 12.5. The van der Waals surface area contributed by atoms with Crippen molar-refractivity contribution in [1.29, 1.82) is 0 Å². The molecule has 1 aromatic carbocycles. The fraction of sp³-hybridized carbons (Fsp3) is 0.647. The molecule has 0 heterocycles. The van der Waals surface area contributed by atoms with Crippen LogP contribution in [0.5, 0.6) is 5.75 Å². The normalized spacial score (nSPS) is 31.6. The van der Waals surface area contributed by atoms with E-state index in [2.05, 4.69) is 52.0 Å². The zero-order chi connectivity index (χ0) is 14.0. The van der Waals surface area contributed by atoms with Crippen LogP contribution in [0.1, 0.15) is 58.4 Å². The van der Waals surface area contributed by atoms with Crippen molar-refractivity contribution >= 4 is 0 Å². The Bertz CT molecular complexity index is 412. The molecule has 0 amide bonds. The van der Waals surface area contributed by atoms with E-state index in [9.17, 15) is 5.11 Å². The van der Waals surface area contributed by atoms with Crippen LogP contribution in [0.15, 0.2) is 24.3 Å². The number of aliphatic hydroxyl groups excluding tert-OH is 1. The average Bonchev–Trinajstić information content (AvgIpc) is 2.45. The highest BCUT2D eigenvalue weighted by molar-refractivity contribution is 5.29. The molecule has 2 nitrogen and oxygen atoms in total. The molecule has 2 heteroatoms. The topological polar surface area (TPSA) is 29.5 Å². The van der Waals surface area contributed by atoms with Crippen molar-refractivity contribution < 1.29 is 9.84 Å². The van der Waals surface area contributed by atoms with Gasteiger partial charge in [-0.2, -0.15) is 0 Å². The molecule has 106 valence electrons. The molecule has 1 saturated carbocycles. The quantitative estimate of drug-likeness (QED) is 0.864. The molecular formula is C17H26O2. The van der Waals surface area contributed by atoms with E-state index in [1.165, 1.54) is 5.56 Å². The fourth-order valence-electron chi connectivity index (χ4n) is 2.72. The summed E-state index contributed by atoms with van der Waals surface area (Å²) in [5.41, 5.74) is 1.27. The summed E-state index contributed by atoms with van der Waals surface area (Å²) in [6.45, 7) is 8.67. The van der Waals surface area contributed by atoms with E-state index in [1.807, 2.05) is 0 Å². The molecule has 4 atom stereocenters. The number of benzene rings is 1. The molecule has 1 fully saturated rings. The maximum atomic E-state index is 9.88. The van der Waals surface area contributed by atoms with E-state index < -0.39 is 0 Å². The number of hydrogen-bond donors (Lipinski definition) is 1. The van der Waals surface area contributed by atoms with E-state index in [-0.39, 0.29) is 17.6 Å². The Balaban J connectivity index is 2.01. The Morgan fingerprint density at radius 3 is 2.42 bits per heavy atom. The van der Waals surface area contributed by atoms with Crippen molar-refractivity contribution in [3.05, 3.63) is 29.8 Å². The SMILES string of the molecule is CCC(C)c1ccc(OC2CC(O)C2(C)CC)cc1. The third-order valence-corrected chi connectivity index (χ3v) is 5.04. The van der Waals surface area contributed by atoms with Gasteiger partial charge in [-0.25, -0.2) is 0 Å². The van der Waals surface area contributed by atoms with Gasteiger partial charge >= 0.3 is 0 Å². The molecular weight excluding hydrogens is 236 g/mol. The number of aliphatic hydroxyl groups is 1. The van der Waals surface area contributed by atoms with Gasteiger partial charge in [-0.05, 0) is 36.5 Å². The Morgan fingerprint density at radius 1 is 1.32 bits per heavy atom. The summed E-state index contributed by atoms with van der Waals surface area (Å²) in [6, 6.07) is 8.42. The maximum absolute atomic E-state index is 9.88. The molecule has 0 aromatic heterocycles. The van der Waals surface area contributed by atoms with Crippen LogP contribution in [-0.4, -0.2) is 17.3 Å². The molecule has 0 bridgehead atoms. The van der Waals surface area contributed by atoms with Gasteiger partial charge in [-0.3, -0.25) is 0 Å². The first kappa shape index (κ1) is 14.4. The summed E-state index contributed by atoms with van der Waals surface area (Å²) in [6.07, 6.45) is 2.77. The van der Waals surface area contributed by atoms with Crippen molar-refractivity contribution in [2.75, 3.05) is 0 Å². The van der Waals surface area contributed by atoms with Crippen LogP contribution in [0.3, 0.4) is 0 Å². The monoisotopic (exact) mass is 262 g/mol. The number of rotatable bonds is 5. The molecule has 0 spiro atoms. The molecule has 0 aliphatic heterocycles. The molecule has 1 aliphatic carbocycles. The minimum atomic E-state index is -0.220. The van der Waals surface area contributed by atoms with Crippen LogP contribution >= 0.6 is 0 Å². The van der Waals surface area contributed by atoms with Crippen LogP contribution in [0.25, 0.3) is 0 Å². The van der Waals surface area contributed by atoms with Gasteiger partial charge in [0.2, 0.25) is 0 Å². The zero-order valence-corrected chi connectivity index (χ0v) is 12.5. The lowest BCUT2D eigenvalue weighted by atomic mass is 9.63. The molecule has 4 unspecified atom stereocenters. The smallest absolute Gasteiger partial charge is 0.119 e. The first-order chi connectivity index (χ1) is 9.01. The lowest BCUT2D eigenvalue weighted by Crippen LogP contribution is -2.57. The van der Waals surface area contributed by atoms with Gasteiger partial charge in [0.15, 0.2) is 0 Å². The van der Waals surface area contributed by atoms with Gasteiger partial charge in [0.1, 0.15) is 11.9 Å². The molecule has 2 rings (SSSR count). The van der Waals surface area contributed by atoms with Gasteiger partial charge < -0.3 is 9.84 Å². The minimum Gasteiger partial charge on any atom is -0.490 e. The summed E-state index contributed by atoms with van der Waals surface area (Å²) in [7, 11) is 0. The predicted molar refractivity (Wildman–Crippen MR) is 78.6 cm³/mol. The van der Waals surface area contributed by atoms with Crippen molar-refractivity contribution in [3.63, 3.8) is 0 Å². The largest absolute Gasteiger partial charge is 0.490 e. The third kappa shape index (κ3) is 2.64. The van der Waals surface area contributed by atoms with Crippen molar-refractivity contribution in [2.24, 2.45) is 5.41 Å². The standard InChI is InChI=1S/C17H26O2/c1-5-12(3)13-7-9-14(10-8-13)19-16-11-15(18)17(16,4)6-2/h7-10,12,15-16,18H,5-6,11H2,1-4H3. The van der Waals surface area contributed by atoms with Crippen LogP contribution in [-0.2, 0) is 0 Å². The highest BCUT2D eigenvalue weighted by Crippen LogP contribution is 2.46. The lowest BCUT2D eigenvalue weighted by Gasteiger charge is -2.50. The average molecular weight is 262 g/mol. The van der Waals surface area contributed by atoms with E-state index >= 15 is 0 Å². The summed E-state index contributed by atoms with van der Waals surface area (Å²) in [5, 5.41) is 9.88. The molecule has 1 N–H and O–H groups in total. The third-order valence-electron chi connectivity index (χ3n) is 5.04. The fourth-order valence-corrected chi connectivity index (χ4v) is 2.72. The van der Waals surface area contributed by atoms with Gasteiger partial charge in [-0.1, -0.05) is 39.8 Å². The first-order valence-electron chi connectivity index (χ1n) is 7.46. The molecule has 0 saturated heterocycles. The highest BCUT2D eigenvalue weighted by Gasteiger charge is 2.51. The van der Waals surface area contributed by atoms with Gasteiger partial charge in [0.05, 0.1) is 6.10 Å². The van der Waals surface area contributed by atoms with Crippen molar-refractivity contribution in [1.82, 2.24) is 0 Å². The molecule has 19 heavy (non-hydrogen) atoms. The van der Waals surface area contributed by atoms with Crippen LogP contribution in [0.2, 0.25) is 0 Å². The Kier molecular flexibility index (Phi) is 4.19. The van der Waals surface area contributed by atoms with Crippen LogP contribution in [0, 0.1) is 5.41 Å². The summed E-state index contributed by atoms with van der Waals surface area (Å²) in [4.78, 5) is 0. The van der Waals surface area contributed by atoms with Gasteiger partial charge in [-0.15, -0.1) is 0 Å². The van der Waals surface area contributed by atoms with Crippen LogP contribution < -0.4 is 4.74 Å². The van der Waals surface area contributed by atoms with Gasteiger partial charge in [0.25, 0.3) is 0 Å². The second-order valence-corrected chi connectivity index (χ2v) is 6.10. The van der Waals surface area contributed by atoms with E-state index in [1.54, 1.807) is 0 Å². The number of hydrogen-bond acceptors (Lipinski definition) is 2. The predicted octanol–water partition coefficient (Wildman–Crippen LogP) is 4.13. The van der Waals surface area contributed by atoms with Crippen molar-refractivity contribution in [3.8, 4) is 5.75 Å². The summed E-state index contributed by atoms with van der Waals surface area (Å²) >= 11 is 0. The lowest BCUT2D eigenvalue weighted by molar-refractivity contribution is -0.147. The second-order valence-electron chi connectivity index (χ2n) is 6.10. The second kappa shape index (κ2) is 5.54. The Labute approximate surface area is 116 Å². The highest BCUT2D eigenvalue weighted by atomic mass is 16.5. The molecule has 1 aliphatic rings. The van der Waals surface area contributed by atoms with Crippen LogP contribution in [0.4, 0.5) is 0 Å². The molecule has 0 radical (unpaired) electrons. The van der Waals surface area contributed by atoms with Crippen molar-refractivity contribution in [2.45, 2.75) is 65.1 Å². The Hall–Kier alpha value is -1.02. The van der Waals surface area contributed by atoms with E-state index in [4.69, 9.17) is 4.74 Å². The molecule has 1 aromatic rings. The van der Waals surface area contributed by atoms with E-state index in [0.717, 1.165) is 25.0 Å². The number of ether oxygens (including phenoxy) is 1. The van der Waals surface area contributed by atoms with Gasteiger partial charge in [0, 0.05) is 11.8 Å². The van der Waals surface area contributed by atoms with E-state index in [0.29, 0.717) is 5.92 Å². The maximum Gasteiger partial charge on any atom is 0.119 e. The summed E-state index contributed by atoms with van der Waals surface area (Å²) < 4.78 is 6.04.